The number of rotatable bonds is 1. The van der Waals surface area contributed by atoms with Crippen LogP contribution in [0.1, 0.15) is 0 Å². The Balaban J connectivity index is 2.40. The van der Waals surface area contributed by atoms with E-state index in [1.165, 1.54) is 0 Å². The Hall–Kier alpha value is -1.10. The van der Waals surface area contributed by atoms with Crippen molar-refractivity contribution in [1.29, 1.82) is 5.53 Å². The van der Waals surface area contributed by atoms with Gasteiger partial charge in [0.2, 0.25) is 0 Å². The Morgan fingerprint density at radius 2 is 2.64 bits per heavy atom. The van der Waals surface area contributed by atoms with Crippen LogP contribution in [0.5, 0.6) is 0 Å². The topological polar surface area (TPSA) is 60.6 Å². The van der Waals surface area contributed by atoms with Crippen LogP contribution in [0.15, 0.2) is 32.3 Å². The summed E-state index contributed by atoms with van der Waals surface area (Å²) in [6, 6.07) is 0.196. The third kappa shape index (κ3) is 0.970. The van der Waals surface area contributed by atoms with Gasteiger partial charge in [-0.05, 0) is 5.41 Å². The van der Waals surface area contributed by atoms with E-state index in [4.69, 9.17) is 5.53 Å². The van der Waals surface area contributed by atoms with Gasteiger partial charge in [0.1, 0.15) is 0 Å². The van der Waals surface area contributed by atoms with Crippen molar-refractivity contribution in [3.8, 4) is 0 Å². The summed E-state index contributed by atoms with van der Waals surface area (Å²) in [5.41, 5.74) is 6.83. The molecule has 0 saturated carbocycles. The molecule has 2 aliphatic rings. The molecule has 2 aliphatic heterocycles. The fourth-order valence-corrected chi connectivity index (χ4v) is 1.88. The lowest BCUT2D eigenvalue weighted by Gasteiger charge is -2.14. The van der Waals surface area contributed by atoms with Gasteiger partial charge in [0.15, 0.2) is 5.82 Å². The first kappa shape index (κ1) is 6.60. The highest BCUT2D eigenvalue weighted by molar-refractivity contribution is 8.06. The summed E-state index contributed by atoms with van der Waals surface area (Å²) in [7, 11) is 0. The molecule has 0 bridgehead atoms. The molecule has 5 heteroatoms. The van der Waals surface area contributed by atoms with Gasteiger partial charge in [0.25, 0.3) is 0 Å². The molecule has 0 aromatic carbocycles. The highest BCUT2D eigenvalue weighted by Crippen LogP contribution is 2.33. The first-order valence-electron chi connectivity index (χ1n) is 3.15. The third-order valence-corrected chi connectivity index (χ3v) is 2.50. The predicted octanol–water partition coefficient (Wildman–Crippen LogP) is 1.45. The van der Waals surface area contributed by atoms with Crippen LogP contribution in [0.4, 0.5) is 0 Å². The number of nitrogens with one attached hydrogen (secondary N) is 2. The smallest absolute Gasteiger partial charge is 0.187 e. The van der Waals surface area contributed by atoms with Gasteiger partial charge in [-0.1, -0.05) is 17.8 Å². The molecule has 0 amide bonds. The molecule has 0 aliphatic carbocycles. The zero-order valence-electron chi connectivity index (χ0n) is 5.61. The Kier molecular flexibility index (Phi) is 1.50. The Morgan fingerprint density at radius 3 is 3.45 bits per heavy atom. The Morgan fingerprint density at radius 1 is 1.73 bits per heavy atom. The van der Waals surface area contributed by atoms with Crippen molar-refractivity contribution in [3.63, 3.8) is 0 Å². The molecule has 0 aromatic rings. The van der Waals surface area contributed by atoms with Crippen molar-refractivity contribution in [2.24, 2.45) is 10.1 Å². The van der Waals surface area contributed by atoms with Crippen molar-refractivity contribution in [1.82, 2.24) is 5.32 Å². The molecule has 0 spiro atoms. The van der Waals surface area contributed by atoms with Gasteiger partial charge < -0.3 is 5.32 Å². The predicted molar refractivity (Wildman–Crippen MR) is 44.3 cm³/mol. The fourth-order valence-electron chi connectivity index (χ4n) is 1.00. The van der Waals surface area contributed by atoms with Gasteiger partial charge in [0, 0.05) is 0 Å². The number of hydrogen-bond acceptors (Lipinski definition) is 5. The quantitative estimate of drug-likeness (QED) is 0.579. The van der Waals surface area contributed by atoms with E-state index in [0.29, 0.717) is 5.82 Å². The van der Waals surface area contributed by atoms with Crippen LogP contribution in [0.2, 0.25) is 0 Å². The number of nitrogens with zero attached hydrogens (tertiary/aromatic N) is 2. The van der Waals surface area contributed by atoms with E-state index in [2.05, 4.69) is 15.4 Å². The number of aliphatic imine (C=N–C) groups is 1. The van der Waals surface area contributed by atoms with Crippen LogP contribution >= 0.6 is 11.8 Å². The van der Waals surface area contributed by atoms with Crippen LogP contribution in [0, 0.1) is 5.53 Å². The molecule has 11 heavy (non-hydrogen) atoms. The van der Waals surface area contributed by atoms with Gasteiger partial charge in [-0.3, -0.25) is 0 Å². The van der Waals surface area contributed by atoms with Gasteiger partial charge >= 0.3 is 0 Å². The molecule has 56 valence electrons. The molecule has 0 saturated heterocycles. The summed E-state index contributed by atoms with van der Waals surface area (Å²) in [5.74, 6) is 0.517. The molecule has 1 unspecified atom stereocenters. The molecule has 0 radical (unpaired) electrons. The zero-order valence-corrected chi connectivity index (χ0v) is 6.43. The summed E-state index contributed by atoms with van der Waals surface area (Å²) in [6.07, 6.45) is 3.61. The van der Waals surface area contributed by atoms with E-state index in [0.717, 1.165) is 4.91 Å². The lowest BCUT2D eigenvalue weighted by atomic mass is 10.2. The van der Waals surface area contributed by atoms with E-state index in [-0.39, 0.29) is 6.04 Å². The van der Waals surface area contributed by atoms with Crippen LogP contribution < -0.4 is 5.32 Å². The molecule has 2 rings (SSSR count). The van der Waals surface area contributed by atoms with E-state index in [9.17, 15) is 0 Å². The van der Waals surface area contributed by atoms with Crippen molar-refractivity contribution in [2.45, 2.75) is 6.04 Å². The standard InChI is InChI=1S/C6H6N4S/c7-10-6-5-4(1-2-11-5)8-3-9-6/h1-4,7H,(H,8,9). The second-order valence-corrected chi connectivity index (χ2v) is 3.10. The first-order chi connectivity index (χ1) is 5.42. The Bertz CT molecular complexity index is 278. The highest BCUT2D eigenvalue weighted by Gasteiger charge is 2.22. The summed E-state index contributed by atoms with van der Waals surface area (Å²) in [6.45, 7) is 0. The summed E-state index contributed by atoms with van der Waals surface area (Å²) in [5, 5.41) is 8.34. The minimum absolute atomic E-state index is 0.196. The van der Waals surface area contributed by atoms with E-state index < -0.39 is 0 Å². The average Bonchev–Trinajstić information content (AvgIpc) is 2.50. The average molecular weight is 166 g/mol. The van der Waals surface area contributed by atoms with Crippen molar-refractivity contribution < 1.29 is 0 Å². The molecule has 4 nitrogen and oxygen atoms in total. The monoisotopic (exact) mass is 166 g/mol. The van der Waals surface area contributed by atoms with Gasteiger partial charge in [-0.25, -0.2) is 10.5 Å². The van der Waals surface area contributed by atoms with Crippen molar-refractivity contribution >= 4 is 18.1 Å². The van der Waals surface area contributed by atoms with Crippen molar-refractivity contribution in [2.75, 3.05) is 0 Å². The maximum absolute atomic E-state index is 6.83. The second kappa shape index (κ2) is 2.50. The first-order valence-corrected chi connectivity index (χ1v) is 4.03. The minimum Gasteiger partial charge on any atom is -0.365 e. The molecule has 0 aromatic heterocycles. The maximum atomic E-state index is 6.83. The second-order valence-electron chi connectivity index (χ2n) is 2.15. The third-order valence-electron chi connectivity index (χ3n) is 1.52. The molecular weight excluding hydrogens is 160 g/mol. The van der Waals surface area contributed by atoms with Gasteiger partial charge in [-0.15, -0.1) is 5.11 Å². The molecule has 0 fully saturated rings. The van der Waals surface area contributed by atoms with Crippen LogP contribution in [-0.4, -0.2) is 12.4 Å². The lowest BCUT2D eigenvalue weighted by Crippen LogP contribution is -2.28. The SMILES string of the molecule is N=NC1=C2SC=CC2NC=N1. The van der Waals surface area contributed by atoms with E-state index in [1.807, 2.05) is 11.5 Å². The van der Waals surface area contributed by atoms with E-state index in [1.54, 1.807) is 18.1 Å². The lowest BCUT2D eigenvalue weighted by molar-refractivity contribution is 0.838. The fraction of sp³-hybridized carbons (Fsp3) is 0.167. The summed E-state index contributed by atoms with van der Waals surface area (Å²) < 4.78 is 0. The normalized spacial score (nSPS) is 26.7. The zero-order chi connectivity index (χ0) is 7.68. The minimum atomic E-state index is 0.196. The number of thioether (sulfide) groups is 1. The molecule has 2 N–H and O–H groups in total. The van der Waals surface area contributed by atoms with Crippen molar-refractivity contribution in [3.05, 3.63) is 22.2 Å². The summed E-state index contributed by atoms with van der Waals surface area (Å²) >= 11 is 1.57. The van der Waals surface area contributed by atoms with Crippen LogP contribution in [0.3, 0.4) is 0 Å². The molecule has 1 atom stereocenters. The van der Waals surface area contributed by atoms with E-state index >= 15 is 0 Å². The van der Waals surface area contributed by atoms with Gasteiger partial charge in [-0.2, -0.15) is 0 Å². The number of fused-ring (bicyclic) bond motifs is 1. The largest absolute Gasteiger partial charge is 0.365 e. The summed E-state index contributed by atoms with van der Waals surface area (Å²) in [4.78, 5) is 4.94. The molecular formula is C6H6N4S. The number of hydrogen-bond donors (Lipinski definition) is 2. The van der Waals surface area contributed by atoms with Gasteiger partial charge in [0.05, 0.1) is 17.3 Å². The van der Waals surface area contributed by atoms with Crippen LogP contribution in [0.25, 0.3) is 0 Å². The maximum Gasteiger partial charge on any atom is 0.187 e. The Labute approximate surface area is 68.0 Å². The molecule has 2 heterocycles. The van der Waals surface area contributed by atoms with Crippen LogP contribution in [-0.2, 0) is 0 Å². The highest BCUT2D eigenvalue weighted by atomic mass is 32.2.